The first-order valence-electron chi connectivity index (χ1n) is 15.4. The normalized spacial score (nSPS) is 11.7. The Morgan fingerprint density at radius 3 is 2.33 bits per heavy atom. The molecule has 0 saturated heterocycles. The van der Waals surface area contributed by atoms with E-state index in [0.717, 1.165) is 32.7 Å². The van der Waals surface area contributed by atoms with Crippen LogP contribution in [-0.4, -0.2) is 23.0 Å². The minimum Gasteiger partial charge on any atom is -0.321 e. The Morgan fingerprint density at radius 1 is 0.896 bits per heavy atom. The summed E-state index contributed by atoms with van der Waals surface area (Å²) in [7, 11) is 0. The van der Waals surface area contributed by atoms with Crippen molar-refractivity contribution in [2.45, 2.75) is 37.3 Å². The summed E-state index contributed by atoms with van der Waals surface area (Å²) in [5.41, 5.74) is 6.07. The quantitative estimate of drug-likeness (QED) is 0.0961. The third-order valence-corrected chi connectivity index (χ3v) is 9.81. The van der Waals surface area contributed by atoms with Gasteiger partial charge in [-0.25, -0.2) is 0 Å². The van der Waals surface area contributed by atoms with Gasteiger partial charge in [-0.15, -0.1) is 23.1 Å². The maximum Gasteiger partial charge on any atom is 0.272 e. The molecule has 0 radical (unpaired) electrons. The maximum atomic E-state index is 13.6. The molecule has 48 heavy (non-hydrogen) atoms. The summed E-state index contributed by atoms with van der Waals surface area (Å²) in [4.78, 5) is 40.8. The number of anilines is 2. The van der Waals surface area contributed by atoms with Gasteiger partial charge in [0.15, 0.2) is 0 Å². The fourth-order valence-corrected chi connectivity index (χ4v) is 6.81. The number of nitriles is 1. The number of carbonyl (C=O) groups excluding carboxylic acids is 3. The first-order valence-corrected chi connectivity index (χ1v) is 17.1. The second kappa shape index (κ2) is 15.9. The second-order valence-corrected chi connectivity index (χ2v) is 13.2. The van der Waals surface area contributed by atoms with Crippen molar-refractivity contribution >= 4 is 57.6 Å². The smallest absolute Gasteiger partial charge is 0.272 e. The number of thioether (sulfide) groups is 1. The number of hydrogen-bond donors (Lipinski definition) is 3. The molecule has 5 aromatic rings. The van der Waals surface area contributed by atoms with E-state index in [1.54, 1.807) is 48.5 Å². The predicted molar refractivity (Wildman–Crippen MR) is 196 cm³/mol. The number of thiophene rings is 1. The molecule has 0 aliphatic carbocycles. The van der Waals surface area contributed by atoms with Crippen molar-refractivity contribution in [3.8, 4) is 17.2 Å². The van der Waals surface area contributed by atoms with Gasteiger partial charge in [-0.05, 0) is 73.4 Å². The summed E-state index contributed by atoms with van der Waals surface area (Å²) in [5, 5.41) is 20.5. The first kappa shape index (κ1) is 33.9. The summed E-state index contributed by atoms with van der Waals surface area (Å²) < 4.78 is 0. The first-order chi connectivity index (χ1) is 23.2. The Kier molecular flexibility index (Phi) is 11.2. The molecule has 240 valence electrons. The molecule has 5 rings (SSSR count). The van der Waals surface area contributed by atoms with Crippen molar-refractivity contribution in [3.05, 3.63) is 142 Å². The van der Waals surface area contributed by atoms with Crippen molar-refractivity contribution in [3.63, 3.8) is 0 Å². The Morgan fingerprint density at radius 2 is 1.62 bits per heavy atom. The van der Waals surface area contributed by atoms with E-state index in [-0.39, 0.29) is 11.6 Å². The summed E-state index contributed by atoms with van der Waals surface area (Å²) in [6.45, 7) is 5.87. The van der Waals surface area contributed by atoms with Gasteiger partial charge in [0.1, 0.15) is 16.8 Å². The van der Waals surface area contributed by atoms with Gasteiger partial charge in [-0.1, -0.05) is 85.3 Å². The van der Waals surface area contributed by atoms with Gasteiger partial charge in [0.25, 0.3) is 11.8 Å². The molecule has 0 bridgehead atoms. The van der Waals surface area contributed by atoms with Gasteiger partial charge in [-0.2, -0.15) is 5.26 Å². The molecule has 7 nitrogen and oxygen atoms in total. The third-order valence-electron chi connectivity index (χ3n) is 7.55. The lowest BCUT2D eigenvalue weighted by atomic mass is 10.0. The molecule has 1 atom stereocenters. The van der Waals surface area contributed by atoms with E-state index in [4.69, 9.17) is 0 Å². The van der Waals surface area contributed by atoms with Crippen LogP contribution in [0.15, 0.2) is 119 Å². The molecule has 0 aliphatic rings. The highest BCUT2D eigenvalue weighted by molar-refractivity contribution is 8.00. The number of nitrogens with one attached hydrogen (secondary N) is 3. The zero-order valence-corrected chi connectivity index (χ0v) is 28.4. The standard InChI is InChI=1S/C39H34N4O3S2/c1-4-35(38(46)43-39-32(23-40)33(24-47-39)27-19-17-25(2)18-20-27)48-31-16-10-15-30(22-31)41-37(45)34(21-29-14-9-8-11-26(29)3)42-36(44)28-12-6-5-7-13-28/h5-22,24,35H,4H2,1-3H3,(H,41,45)(H,42,44)(H,43,46)/b34-21-. The zero-order chi connectivity index (χ0) is 34.0. The van der Waals surface area contributed by atoms with Crippen LogP contribution in [-0.2, 0) is 9.59 Å². The van der Waals surface area contributed by atoms with Crippen molar-refractivity contribution in [2.24, 2.45) is 0 Å². The van der Waals surface area contributed by atoms with Crippen LogP contribution >= 0.6 is 23.1 Å². The average molecular weight is 671 g/mol. The molecule has 4 aromatic carbocycles. The summed E-state index contributed by atoms with van der Waals surface area (Å²) >= 11 is 2.70. The number of hydrogen-bond acceptors (Lipinski definition) is 6. The lowest BCUT2D eigenvalue weighted by Gasteiger charge is -2.16. The molecule has 1 heterocycles. The Bertz CT molecular complexity index is 2010. The summed E-state index contributed by atoms with van der Waals surface area (Å²) in [6.07, 6.45) is 2.20. The third kappa shape index (κ3) is 8.48. The SMILES string of the molecule is CCC(Sc1cccc(NC(=O)/C(=C/c2ccccc2C)NC(=O)c2ccccc2)c1)C(=O)Nc1scc(-c2ccc(C)cc2)c1C#N. The fourth-order valence-electron chi connectivity index (χ4n) is 4.88. The van der Waals surface area contributed by atoms with Crippen LogP contribution in [0.2, 0.25) is 0 Å². The number of nitrogens with zero attached hydrogens (tertiary/aromatic N) is 1. The molecule has 3 amide bonds. The van der Waals surface area contributed by atoms with E-state index in [2.05, 4.69) is 22.0 Å². The van der Waals surface area contributed by atoms with Crippen molar-refractivity contribution in [1.82, 2.24) is 5.32 Å². The summed E-state index contributed by atoms with van der Waals surface area (Å²) in [5.74, 6) is -1.10. The molecule has 1 aromatic heterocycles. The van der Waals surface area contributed by atoms with Crippen LogP contribution in [0.4, 0.5) is 10.7 Å². The van der Waals surface area contributed by atoms with Gasteiger partial charge in [0.2, 0.25) is 5.91 Å². The van der Waals surface area contributed by atoms with Crippen LogP contribution in [0.5, 0.6) is 0 Å². The van der Waals surface area contributed by atoms with E-state index in [0.29, 0.717) is 28.2 Å². The van der Waals surface area contributed by atoms with Crippen molar-refractivity contribution in [1.29, 1.82) is 5.26 Å². The summed E-state index contributed by atoms with van der Waals surface area (Å²) in [6, 6.07) is 33.7. The van der Waals surface area contributed by atoms with E-state index in [1.807, 2.05) is 86.8 Å². The van der Waals surface area contributed by atoms with E-state index in [1.165, 1.54) is 23.1 Å². The van der Waals surface area contributed by atoms with Crippen LogP contribution in [0.1, 0.15) is 46.0 Å². The lowest BCUT2D eigenvalue weighted by Crippen LogP contribution is -2.30. The molecule has 1 unspecified atom stereocenters. The largest absolute Gasteiger partial charge is 0.321 e. The minimum atomic E-state index is -0.486. The molecular formula is C39H34N4O3S2. The number of aryl methyl sites for hydroxylation is 2. The molecule has 9 heteroatoms. The van der Waals surface area contributed by atoms with Crippen molar-refractivity contribution in [2.75, 3.05) is 10.6 Å². The molecular weight excluding hydrogens is 637 g/mol. The highest BCUT2D eigenvalue weighted by atomic mass is 32.2. The Hall–Kier alpha value is -5.43. The fraction of sp³-hybridized carbons (Fsp3) is 0.128. The number of rotatable bonds is 11. The van der Waals surface area contributed by atoms with E-state index >= 15 is 0 Å². The Labute approximate surface area is 288 Å². The van der Waals surface area contributed by atoms with Crippen LogP contribution < -0.4 is 16.0 Å². The monoisotopic (exact) mass is 670 g/mol. The van der Waals surface area contributed by atoms with Gasteiger partial charge in [0.05, 0.1) is 10.8 Å². The second-order valence-electron chi connectivity index (χ2n) is 11.1. The lowest BCUT2D eigenvalue weighted by molar-refractivity contribution is -0.116. The van der Waals surface area contributed by atoms with Crippen LogP contribution in [0.3, 0.4) is 0 Å². The van der Waals surface area contributed by atoms with E-state index in [9.17, 15) is 19.6 Å². The highest BCUT2D eigenvalue weighted by Crippen LogP contribution is 2.36. The van der Waals surface area contributed by atoms with Crippen LogP contribution in [0.25, 0.3) is 17.2 Å². The predicted octanol–water partition coefficient (Wildman–Crippen LogP) is 8.82. The Balaban J connectivity index is 1.31. The number of carbonyl (C=O) groups is 3. The topological polar surface area (TPSA) is 111 Å². The maximum absolute atomic E-state index is 13.6. The molecule has 3 N–H and O–H groups in total. The minimum absolute atomic E-state index is 0.0938. The molecule has 0 spiro atoms. The van der Waals surface area contributed by atoms with Gasteiger partial charge in [0, 0.05) is 27.1 Å². The van der Waals surface area contributed by atoms with Gasteiger partial charge in [-0.3, -0.25) is 14.4 Å². The van der Waals surface area contributed by atoms with E-state index < -0.39 is 17.1 Å². The number of amides is 3. The molecule has 0 aliphatic heterocycles. The zero-order valence-electron chi connectivity index (χ0n) is 26.7. The molecule has 0 fully saturated rings. The van der Waals surface area contributed by atoms with Gasteiger partial charge < -0.3 is 16.0 Å². The molecule has 0 saturated carbocycles. The average Bonchev–Trinajstić information content (AvgIpc) is 3.50. The number of benzene rings is 4. The van der Waals surface area contributed by atoms with Gasteiger partial charge >= 0.3 is 0 Å². The van der Waals surface area contributed by atoms with Crippen molar-refractivity contribution < 1.29 is 14.4 Å². The van der Waals surface area contributed by atoms with Crippen LogP contribution in [0, 0.1) is 25.2 Å². The highest BCUT2D eigenvalue weighted by Gasteiger charge is 2.22.